The summed E-state index contributed by atoms with van der Waals surface area (Å²) in [4.78, 5) is 32.1. The van der Waals surface area contributed by atoms with E-state index < -0.39 is 0 Å². The van der Waals surface area contributed by atoms with E-state index in [0.717, 1.165) is 41.8 Å². The first-order chi connectivity index (χ1) is 14.0. The number of benzene rings is 1. The molecule has 1 aliphatic heterocycles. The van der Waals surface area contributed by atoms with Crippen molar-refractivity contribution in [2.24, 2.45) is 0 Å². The minimum atomic E-state index is 0.0748. The molecule has 0 aliphatic carbocycles. The fourth-order valence-electron chi connectivity index (χ4n) is 3.50. The molecule has 150 valence electrons. The number of carbonyl (C=O) groups excluding carboxylic acids is 1. The van der Waals surface area contributed by atoms with Crippen LogP contribution in [0.3, 0.4) is 0 Å². The Morgan fingerprint density at radius 2 is 1.76 bits per heavy atom. The fourth-order valence-corrected chi connectivity index (χ4v) is 3.50. The molecule has 8 heteroatoms. The molecule has 0 bridgehead atoms. The van der Waals surface area contributed by atoms with Crippen molar-refractivity contribution in [3.63, 3.8) is 0 Å². The van der Waals surface area contributed by atoms with E-state index in [0.29, 0.717) is 13.1 Å². The van der Waals surface area contributed by atoms with Crippen molar-refractivity contribution in [1.29, 1.82) is 0 Å². The first-order valence-electron chi connectivity index (χ1n) is 9.67. The van der Waals surface area contributed by atoms with Crippen molar-refractivity contribution in [1.82, 2.24) is 24.4 Å². The number of carbonyl (C=O) groups is 1. The third-order valence-corrected chi connectivity index (χ3v) is 5.21. The predicted octanol–water partition coefficient (Wildman–Crippen LogP) is 2.00. The molecule has 1 aliphatic rings. The second kappa shape index (κ2) is 7.90. The summed E-state index contributed by atoms with van der Waals surface area (Å²) in [7, 11) is 3.95. The number of aromatic nitrogens is 4. The van der Waals surface area contributed by atoms with Crippen LogP contribution in [-0.2, 0) is 0 Å². The average molecular weight is 391 g/mol. The van der Waals surface area contributed by atoms with Gasteiger partial charge in [0.15, 0.2) is 0 Å². The number of rotatable bonds is 4. The maximum absolute atomic E-state index is 12.9. The van der Waals surface area contributed by atoms with Gasteiger partial charge in [0.2, 0.25) is 0 Å². The molecule has 3 aromatic rings. The number of anilines is 2. The van der Waals surface area contributed by atoms with Crippen molar-refractivity contribution >= 4 is 17.4 Å². The summed E-state index contributed by atoms with van der Waals surface area (Å²) in [5.41, 5.74) is 1.75. The first-order valence-corrected chi connectivity index (χ1v) is 9.67. The van der Waals surface area contributed by atoms with Gasteiger partial charge in [-0.25, -0.2) is 15.0 Å². The van der Waals surface area contributed by atoms with Crippen LogP contribution in [0.15, 0.2) is 49.1 Å². The molecule has 0 radical (unpaired) electrons. The van der Waals surface area contributed by atoms with Crippen LogP contribution in [0.1, 0.15) is 16.2 Å². The number of aryl methyl sites for hydroxylation is 1. The monoisotopic (exact) mass is 391 g/mol. The lowest BCUT2D eigenvalue weighted by Gasteiger charge is -2.35. The van der Waals surface area contributed by atoms with Crippen LogP contribution in [0.2, 0.25) is 0 Å². The summed E-state index contributed by atoms with van der Waals surface area (Å²) in [6.07, 6.45) is 5.22. The van der Waals surface area contributed by atoms with Crippen LogP contribution in [0.4, 0.5) is 11.5 Å². The Labute approximate surface area is 170 Å². The van der Waals surface area contributed by atoms with Crippen LogP contribution < -0.4 is 9.80 Å². The average Bonchev–Trinajstić information content (AvgIpc) is 3.19. The van der Waals surface area contributed by atoms with Crippen LogP contribution >= 0.6 is 0 Å². The summed E-state index contributed by atoms with van der Waals surface area (Å²) in [6.45, 7) is 4.73. The predicted molar refractivity (Wildman–Crippen MR) is 113 cm³/mol. The zero-order valence-corrected chi connectivity index (χ0v) is 17.0. The number of hydrogen-bond donors (Lipinski definition) is 0. The highest BCUT2D eigenvalue weighted by Crippen LogP contribution is 2.19. The SMILES string of the molecule is Cc1nccn1-c1cc(N2CCN(C(=O)c3cccc(N(C)C)c3)CC2)ncn1. The summed E-state index contributed by atoms with van der Waals surface area (Å²) in [5, 5.41) is 0. The quantitative estimate of drug-likeness (QED) is 0.678. The zero-order chi connectivity index (χ0) is 20.4. The second-order valence-corrected chi connectivity index (χ2v) is 7.30. The molecule has 0 atom stereocenters. The van der Waals surface area contributed by atoms with E-state index in [9.17, 15) is 4.79 Å². The van der Waals surface area contributed by atoms with Gasteiger partial charge < -0.3 is 14.7 Å². The molecule has 0 spiro atoms. The Balaban J connectivity index is 1.44. The third-order valence-electron chi connectivity index (χ3n) is 5.21. The number of piperazine rings is 1. The van der Waals surface area contributed by atoms with Crippen molar-refractivity contribution in [3.8, 4) is 5.82 Å². The third kappa shape index (κ3) is 3.91. The molecule has 29 heavy (non-hydrogen) atoms. The van der Waals surface area contributed by atoms with Crippen molar-refractivity contribution in [2.45, 2.75) is 6.92 Å². The summed E-state index contributed by atoms with van der Waals surface area (Å²) in [6, 6.07) is 9.72. The Morgan fingerprint density at radius 3 is 2.45 bits per heavy atom. The van der Waals surface area contributed by atoms with Crippen LogP contribution in [-0.4, -0.2) is 70.6 Å². The number of amides is 1. The maximum Gasteiger partial charge on any atom is 0.254 e. The molecule has 0 unspecified atom stereocenters. The van der Waals surface area contributed by atoms with Crippen LogP contribution in [0, 0.1) is 6.92 Å². The second-order valence-electron chi connectivity index (χ2n) is 7.30. The lowest BCUT2D eigenvalue weighted by Crippen LogP contribution is -2.49. The fraction of sp³-hybridized carbons (Fsp3) is 0.333. The molecule has 0 N–H and O–H groups in total. The molecule has 1 saturated heterocycles. The zero-order valence-electron chi connectivity index (χ0n) is 17.0. The molecular weight excluding hydrogens is 366 g/mol. The standard InChI is InChI=1S/C21H25N7O/c1-16-22-7-8-28(16)20-14-19(23-15-24-20)26-9-11-27(12-10-26)21(29)17-5-4-6-18(13-17)25(2)3/h4-8,13-15H,9-12H2,1-3H3. The Bertz CT molecular complexity index is 1010. The van der Waals surface area contributed by atoms with Crippen molar-refractivity contribution < 1.29 is 4.79 Å². The van der Waals surface area contributed by atoms with Gasteiger partial charge in [-0.1, -0.05) is 6.07 Å². The molecular formula is C21H25N7O. The maximum atomic E-state index is 12.9. The first kappa shape index (κ1) is 18.9. The van der Waals surface area contributed by atoms with E-state index in [1.54, 1.807) is 12.5 Å². The van der Waals surface area contributed by atoms with Gasteiger partial charge in [-0.05, 0) is 25.1 Å². The number of hydrogen-bond acceptors (Lipinski definition) is 6. The van der Waals surface area contributed by atoms with Gasteiger partial charge in [-0.15, -0.1) is 0 Å². The van der Waals surface area contributed by atoms with Crippen molar-refractivity contribution in [2.75, 3.05) is 50.1 Å². The molecule has 3 heterocycles. The van der Waals surface area contributed by atoms with Crippen LogP contribution in [0.5, 0.6) is 0 Å². The highest BCUT2D eigenvalue weighted by Gasteiger charge is 2.23. The lowest BCUT2D eigenvalue weighted by molar-refractivity contribution is 0.0746. The number of nitrogens with zero attached hydrogens (tertiary/aromatic N) is 7. The van der Waals surface area contributed by atoms with Gasteiger partial charge in [0.05, 0.1) is 0 Å². The molecule has 4 rings (SSSR count). The summed E-state index contributed by atoms with van der Waals surface area (Å²) >= 11 is 0. The van der Waals surface area contributed by atoms with E-state index in [1.807, 2.05) is 71.9 Å². The minimum absolute atomic E-state index is 0.0748. The van der Waals surface area contributed by atoms with Gasteiger partial charge in [0, 0.05) is 70.0 Å². The van der Waals surface area contributed by atoms with E-state index in [-0.39, 0.29) is 5.91 Å². The summed E-state index contributed by atoms with van der Waals surface area (Å²) < 4.78 is 1.93. The largest absolute Gasteiger partial charge is 0.378 e. The van der Waals surface area contributed by atoms with Gasteiger partial charge >= 0.3 is 0 Å². The Morgan fingerprint density at radius 1 is 1.00 bits per heavy atom. The highest BCUT2D eigenvalue weighted by atomic mass is 16.2. The van der Waals surface area contributed by atoms with E-state index >= 15 is 0 Å². The summed E-state index contributed by atoms with van der Waals surface area (Å²) in [5.74, 6) is 2.62. The van der Waals surface area contributed by atoms with Gasteiger partial charge in [-0.2, -0.15) is 0 Å². The van der Waals surface area contributed by atoms with Crippen molar-refractivity contribution in [3.05, 3.63) is 60.4 Å². The highest BCUT2D eigenvalue weighted by molar-refractivity contribution is 5.95. The van der Waals surface area contributed by atoms with Gasteiger partial charge in [-0.3, -0.25) is 9.36 Å². The number of imidazole rings is 1. The molecule has 1 fully saturated rings. The molecule has 1 aromatic carbocycles. The normalized spacial score (nSPS) is 14.2. The smallest absolute Gasteiger partial charge is 0.254 e. The topological polar surface area (TPSA) is 70.4 Å². The van der Waals surface area contributed by atoms with E-state index in [4.69, 9.17) is 0 Å². The Kier molecular flexibility index (Phi) is 5.16. The van der Waals surface area contributed by atoms with E-state index in [2.05, 4.69) is 19.9 Å². The molecule has 1 amide bonds. The van der Waals surface area contributed by atoms with Crippen LogP contribution in [0.25, 0.3) is 5.82 Å². The lowest BCUT2D eigenvalue weighted by atomic mass is 10.1. The minimum Gasteiger partial charge on any atom is -0.378 e. The Hall–Kier alpha value is -3.42. The van der Waals surface area contributed by atoms with Gasteiger partial charge in [0.25, 0.3) is 5.91 Å². The molecule has 2 aromatic heterocycles. The molecule has 0 saturated carbocycles. The molecule has 8 nitrogen and oxygen atoms in total. The van der Waals surface area contributed by atoms with E-state index in [1.165, 1.54) is 0 Å². The van der Waals surface area contributed by atoms with Gasteiger partial charge in [0.1, 0.15) is 23.8 Å².